The molecular formula is C17H13N3O3. The van der Waals surface area contributed by atoms with E-state index in [9.17, 15) is 14.4 Å². The molecule has 1 aromatic carbocycles. The molecule has 0 fully saturated rings. The Hall–Kier alpha value is -3.28. The van der Waals surface area contributed by atoms with Gasteiger partial charge in [0.1, 0.15) is 5.52 Å². The molecule has 2 heterocycles. The van der Waals surface area contributed by atoms with Crippen LogP contribution < -0.4 is 10.7 Å². The lowest BCUT2D eigenvalue weighted by molar-refractivity contribution is -0.118. The number of nitrogens with one attached hydrogen (secondary N) is 2. The number of pyridine rings is 2. The molecule has 0 saturated carbocycles. The molecule has 2 aromatic heterocycles. The van der Waals surface area contributed by atoms with Gasteiger partial charge in [-0.3, -0.25) is 19.4 Å². The number of H-pyrrole nitrogens is 1. The summed E-state index contributed by atoms with van der Waals surface area (Å²) in [5, 5.41) is 2.49. The van der Waals surface area contributed by atoms with Gasteiger partial charge in [-0.15, -0.1) is 0 Å². The van der Waals surface area contributed by atoms with E-state index < -0.39 is 11.0 Å². The van der Waals surface area contributed by atoms with E-state index in [1.165, 1.54) is 12.4 Å². The van der Waals surface area contributed by atoms with Crippen LogP contribution in [0.3, 0.4) is 0 Å². The summed E-state index contributed by atoms with van der Waals surface area (Å²) >= 11 is 0. The third-order valence-corrected chi connectivity index (χ3v) is 3.76. The zero-order valence-corrected chi connectivity index (χ0v) is 12.0. The van der Waals surface area contributed by atoms with Gasteiger partial charge >= 0.3 is 0 Å². The van der Waals surface area contributed by atoms with Gasteiger partial charge in [-0.05, 0) is 17.7 Å². The third kappa shape index (κ3) is 2.30. The van der Waals surface area contributed by atoms with Crippen molar-refractivity contribution in [2.45, 2.75) is 5.54 Å². The van der Waals surface area contributed by atoms with Crippen molar-refractivity contribution < 1.29 is 9.59 Å². The molecule has 23 heavy (non-hydrogen) atoms. The van der Waals surface area contributed by atoms with Crippen LogP contribution in [-0.2, 0) is 15.1 Å². The number of fused-ring (bicyclic) bond motifs is 1. The topological polar surface area (TPSA) is 91.9 Å². The summed E-state index contributed by atoms with van der Waals surface area (Å²) < 4.78 is 0. The molecule has 1 amide bonds. The van der Waals surface area contributed by atoms with E-state index in [1.807, 2.05) is 0 Å². The molecule has 1 unspecified atom stereocenters. The number of aromatic nitrogens is 2. The fourth-order valence-electron chi connectivity index (χ4n) is 2.61. The van der Waals surface area contributed by atoms with Gasteiger partial charge in [0.25, 0.3) is 0 Å². The van der Waals surface area contributed by atoms with Gasteiger partial charge < -0.3 is 10.3 Å². The predicted molar refractivity (Wildman–Crippen MR) is 84.8 cm³/mol. The van der Waals surface area contributed by atoms with E-state index in [4.69, 9.17) is 0 Å². The molecule has 1 atom stereocenters. The highest BCUT2D eigenvalue weighted by Gasteiger charge is 2.36. The number of rotatable bonds is 5. The van der Waals surface area contributed by atoms with E-state index in [2.05, 4.69) is 15.3 Å². The molecular weight excluding hydrogens is 294 g/mol. The average Bonchev–Trinajstić information content (AvgIpc) is 2.61. The highest BCUT2D eigenvalue weighted by Crippen LogP contribution is 2.25. The van der Waals surface area contributed by atoms with Crippen molar-refractivity contribution in [1.82, 2.24) is 15.3 Å². The summed E-state index contributed by atoms with van der Waals surface area (Å²) in [6.07, 6.45) is 3.89. The fourth-order valence-corrected chi connectivity index (χ4v) is 2.61. The van der Waals surface area contributed by atoms with Crippen molar-refractivity contribution in [3.05, 3.63) is 76.2 Å². The van der Waals surface area contributed by atoms with Crippen LogP contribution in [0.4, 0.5) is 0 Å². The van der Waals surface area contributed by atoms with Crippen LogP contribution >= 0.6 is 0 Å². The third-order valence-electron chi connectivity index (χ3n) is 3.76. The Morgan fingerprint density at radius 1 is 1.09 bits per heavy atom. The summed E-state index contributed by atoms with van der Waals surface area (Å²) in [6.45, 7) is 0. The van der Waals surface area contributed by atoms with Crippen molar-refractivity contribution >= 4 is 23.7 Å². The quantitative estimate of drug-likeness (QED) is 0.691. The SMILES string of the molecule is O=CNC(C=O)(c1ccccc1)c1c[nH]c2cccnc2c1=O. The Morgan fingerprint density at radius 2 is 1.87 bits per heavy atom. The minimum absolute atomic E-state index is 0.108. The monoisotopic (exact) mass is 307 g/mol. The molecule has 0 aliphatic heterocycles. The number of amides is 1. The summed E-state index contributed by atoms with van der Waals surface area (Å²) in [6, 6.07) is 12.0. The summed E-state index contributed by atoms with van der Waals surface area (Å²) in [4.78, 5) is 42.8. The molecule has 0 radical (unpaired) electrons. The van der Waals surface area contributed by atoms with Gasteiger partial charge in [0.05, 0.1) is 11.1 Å². The Kier molecular flexibility index (Phi) is 3.72. The average molecular weight is 307 g/mol. The first kappa shape index (κ1) is 14.6. The number of aldehydes is 1. The molecule has 0 aliphatic rings. The second-order valence-electron chi connectivity index (χ2n) is 4.99. The number of carbonyl (C=O) groups is 2. The van der Waals surface area contributed by atoms with Gasteiger partial charge in [0, 0.05) is 12.4 Å². The van der Waals surface area contributed by atoms with Crippen LogP contribution in [0.1, 0.15) is 11.1 Å². The maximum atomic E-state index is 12.8. The number of carbonyl (C=O) groups excluding carboxylic acids is 2. The number of hydrogen-bond acceptors (Lipinski definition) is 4. The van der Waals surface area contributed by atoms with Gasteiger partial charge in [0.2, 0.25) is 11.8 Å². The van der Waals surface area contributed by atoms with Gasteiger partial charge in [-0.2, -0.15) is 0 Å². The van der Waals surface area contributed by atoms with Crippen LogP contribution in [0.15, 0.2) is 59.7 Å². The first-order chi connectivity index (χ1) is 11.2. The molecule has 3 rings (SSSR count). The smallest absolute Gasteiger partial charge is 0.214 e. The van der Waals surface area contributed by atoms with Crippen molar-refractivity contribution in [2.24, 2.45) is 0 Å². The molecule has 3 aromatic rings. The largest absolute Gasteiger partial charge is 0.359 e. The van der Waals surface area contributed by atoms with Crippen LogP contribution in [0.25, 0.3) is 11.0 Å². The Bertz CT molecular complexity index is 921. The normalized spacial score (nSPS) is 13.2. The summed E-state index contributed by atoms with van der Waals surface area (Å²) in [7, 11) is 0. The van der Waals surface area contributed by atoms with E-state index in [0.29, 0.717) is 23.8 Å². The Labute approximate surface area is 131 Å². The molecule has 2 N–H and O–H groups in total. The maximum absolute atomic E-state index is 12.8. The highest BCUT2D eigenvalue weighted by molar-refractivity contribution is 5.81. The second-order valence-corrected chi connectivity index (χ2v) is 4.99. The van der Waals surface area contributed by atoms with E-state index >= 15 is 0 Å². The minimum Gasteiger partial charge on any atom is -0.359 e. The zero-order valence-electron chi connectivity index (χ0n) is 12.0. The first-order valence-corrected chi connectivity index (χ1v) is 6.93. The van der Waals surface area contributed by atoms with Crippen LogP contribution in [0.2, 0.25) is 0 Å². The lowest BCUT2D eigenvalue weighted by Gasteiger charge is -2.27. The molecule has 114 valence electrons. The summed E-state index contributed by atoms with van der Waals surface area (Å²) in [5.41, 5.74) is -0.618. The summed E-state index contributed by atoms with van der Waals surface area (Å²) in [5.74, 6) is 0. The number of hydrogen-bond donors (Lipinski definition) is 2. The fraction of sp³-hybridized carbons (Fsp3) is 0.0588. The Balaban J connectivity index is 2.34. The number of nitrogens with zero attached hydrogens (tertiary/aromatic N) is 1. The van der Waals surface area contributed by atoms with Crippen LogP contribution in [-0.4, -0.2) is 22.7 Å². The number of benzene rings is 1. The first-order valence-electron chi connectivity index (χ1n) is 6.93. The highest BCUT2D eigenvalue weighted by atomic mass is 16.1. The predicted octanol–water partition coefficient (Wildman–Crippen LogP) is 1.11. The molecule has 6 nitrogen and oxygen atoms in total. The van der Waals surface area contributed by atoms with Gasteiger partial charge in [-0.1, -0.05) is 30.3 Å². The van der Waals surface area contributed by atoms with E-state index in [-0.39, 0.29) is 11.1 Å². The van der Waals surface area contributed by atoms with Gasteiger partial charge in [-0.25, -0.2) is 0 Å². The van der Waals surface area contributed by atoms with Gasteiger partial charge in [0.15, 0.2) is 11.8 Å². The van der Waals surface area contributed by atoms with Crippen molar-refractivity contribution in [2.75, 3.05) is 0 Å². The van der Waals surface area contributed by atoms with E-state index in [0.717, 1.165) is 0 Å². The minimum atomic E-state index is -1.57. The van der Waals surface area contributed by atoms with Crippen molar-refractivity contribution in [3.8, 4) is 0 Å². The van der Waals surface area contributed by atoms with Crippen LogP contribution in [0.5, 0.6) is 0 Å². The molecule has 0 bridgehead atoms. The zero-order chi connectivity index (χ0) is 16.3. The molecule has 0 saturated heterocycles. The van der Waals surface area contributed by atoms with Crippen molar-refractivity contribution in [3.63, 3.8) is 0 Å². The lowest BCUT2D eigenvalue weighted by Crippen LogP contribution is -2.47. The van der Waals surface area contributed by atoms with Crippen LogP contribution in [0, 0.1) is 0 Å². The standard InChI is InChI=1S/C17H13N3O3/c21-10-17(20-11-22,12-5-2-1-3-6-12)13-9-19-14-7-4-8-18-15(14)16(13)23/h1-11H,(H,19,23)(H,20,22). The molecule has 0 aliphatic carbocycles. The van der Waals surface area contributed by atoms with Crippen molar-refractivity contribution in [1.29, 1.82) is 0 Å². The maximum Gasteiger partial charge on any atom is 0.214 e. The van der Waals surface area contributed by atoms with E-state index in [1.54, 1.807) is 42.5 Å². The Morgan fingerprint density at radius 3 is 2.57 bits per heavy atom. The second kappa shape index (κ2) is 5.84. The lowest BCUT2D eigenvalue weighted by atomic mass is 9.84. The molecule has 0 spiro atoms. The number of aromatic amines is 1. The molecule has 6 heteroatoms.